The highest BCUT2D eigenvalue weighted by atomic mass is 16.5. The fourth-order valence-electron chi connectivity index (χ4n) is 2.79. The number of hydrogen-bond acceptors (Lipinski definition) is 6. The van der Waals surface area contributed by atoms with Crippen LogP contribution in [0.1, 0.15) is 44.3 Å². The molecule has 1 amide bonds. The standard InChI is InChI=1S/C13H21N5O3/c14-11(17-20)13(6-3-1-2-4-7-13)12(19)15-8-5-10-16-9-21-18-10/h9,20H,1-8H2,(H2,14,17)(H,15,19). The predicted octanol–water partition coefficient (Wildman–Crippen LogP) is 0.815. The minimum absolute atomic E-state index is 0.00135. The van der Waals surface area contributed by atoms with Crippen LogP contribution in [-0.4, -0.2) is 33.6 Å². The number of carbonyl (C=O) groups is 1. The van der Waals surface area contributed by atoms with Gasteiger partial charge in [-0.15, -0.1) is 0 Å². The molecule has 1 aromatic rings. The molecule has 0 bridgehead atoms. The topological polar surface area (TPSA) is 127 Å². The number of hydrogen-bond donors (Lipinski definition) is 3. The average Bonchev–Trinajstić information content (AvgIpc) is 2.88. The van der Waals surface area contributed by atoms with Gasteiger partial charge >= 0.3 is 0 Å². The lowest BCUT2D eigenvalue weighted by Gasteiger charge is -2.29. The van der Waals surface area contributed by atoms with Gasteiger partial charge in [0.05, 0.1) is 0 Å². The van der Waals surface area contributed by atoms with Crippen molar-refractivity contribution >= 4 is 11.7 Å². The van der Waals surface area contributed by atoms with Crippen LogP contribution in [0.5, 0.6) is 0 Å². The van der Waals surface area contributed by atoms with Crippen molar-refractivity contribution in [1.82, 2.24) is 15.5 Å². The van der Waals surface area contributed by atoms with E-state index in [1.165, 1.54) is 6.39 Å². The fraction of sp³-hybridized carbons (Fsp3) is 0.692. The first-order valence-corrected chi connectivity index (χ1v) is 7.20. The highest BCUT2D eigenvalue weighted by Gasteiger charge is 2.42. The number of oxime groups is 1. The zero-order chi connectivity index (χ0) is 15.1. The fourth-order valence-corrected chi connectivity index (χ4v) is 2.79. The van der Waals surface area contributed by atoms with Crippen molar-refractivity contribution in [1.29, 1.82) is 0 Å². The second-order valence-corrected chi connectivity index (χ2v) is 5.33. The van der Waals surface area contributed by atoms with E-state index in [0.29, 0.717) is 31.6 Å². The molecule has 0 aromatic carbocycles. The van der Waals surface area contributed by atoms with Crippen molar-refractivity contribution in [2.75, 3.05) is 6.54 Å². The van der Waals surface area contributed by atoms with Crippen molar-refractivity contribution in [2.45, 2.75) is 44.9 Å². The van der Waals surface area contributed by atoms with Crippen molar-refractivity contribution in [2.24, 2.45) is 16.3 Å². The summed E-state index contributed by atoms with van der Waals surface area (Å²) < 4.78 is 4.63. The highest BCUT2D eigenvalue weighted by molar-refractivity contribution is 6.06. The Hall–Kier alpha value is -2.12. The molecule has 1 fully saturated rings. The molecular formula is C13H21N5O3. The zero-order valence-corrected chi connectivity index (χ0v) is 11.9. The van der Waals surface area contributed by atoms with E-state index in [2.05, 4.69) is 25.1 Å². The number of amidine groups is 1. The van der Waals surface area contributed by atoms with Crippen LogP contribution in [-0.2, 0) is 11.2 Å². The first kappa shape index (κ1) is 15.3. The molecule has 1 aromatic heterocycles. The summed E-state index contributed by atoms with van der Waals surface area (Å²) in [4.78, 5) is 16.4. The third kappa shape index (κ3) is 3.50. The van der Waals surface area contributed by atoms with Gasteiger partial charge in [-0.3, -0.25) is 4.79 Å². The summed E-state index contributed by atoms with van der Waals surface area (Å²) in [6, 6.07) is 0. The van der Waals surface area contributed by atoms with Crippen LogP contribution in [0.3, 0.4) is 0 Å². The van der Waals surface area contributed by atoms with Gasteiger partial charge < -0.3 is 20.8 Å². The molecule has 1 aliphatic carbocycles. The molecule has 1 saturated carbocycles. The summed E-state index contributed by atoms with van der Waals surface area (Å²) in [7, 11) is 0. The van der Waals surface area contributed by atoms with E-state index in [4.69, 9.17) is 10.9 Å². The second kappa shape index (κ2) is 7.05. The van der Waals surface area contributed by atoms with Gasteiger partial charge in [0, 0.05) is 13.0 Å². The van der Waals surface area contributed by atoms with E-state index >= 15 is 0 Å². The third-order valence-electron chi connectivity index (χ3n) is 4.03. The Kier molecular flexibility index (Phi) is 5.13. The van der Waals surface area contributed by atoms with E-state index in [1.54, 1.807) is 0 Å². The minimum Gasteiger partial charge on any atom is -0.409 e. The maximum atomic E-state index is 12.6. The van der Waals surface area contributed by atoms with Crippen molar-refractivity contribution in [3.63, 3.8) is 0 Å². The Labute approximate surface area is 122 Å². The highest BCUT2D eigenvalue weighted by Crippen LogP contribution is 2.35. The summed E-state index contributed by atoms with van der Waals surface area (Å²) in [6.45, 7) is 0.388. The molecule has 21 heavy (non-hydrogen) atoms. The summed E-state index contributed by atoms with van der Waals surface area (Å²) in [5, 5.41) is 18.6. The van der Waals surface area contributed by atoms with Crippen molar-refractivity contribution in [3.8, 4) is 0 Å². The summed E-state index contributed by atoms with van der Waals surface area (Å²) >= 11 is 0. The van der Waals surface area contributed by atoms with E-state index < -0.39 is 5.41 Å². The van der Waals surface area contributed by atoms with Crippen molar-refractivity contribution < 1.29 is 14.5 Å². The van der Waals surface area contributed by atoms with Crippen LogP contribution in [0.4, 0.5) is 0 Å². The molecule has 0 radical (unpaired) electrons. The number of rotatable bonds is 5. The molecule has 8 heteroatoms. The maximum absolute atomic E-state index is 12.6. The van der Waals surface area contributed by atoms with Gasteiger partial charge in [-0.05, 0) is 12.8 Å². The van der Waals surface area contributed by atoms with Crippen LogP contribution < -0.4 is 11.1 Å². The maximum Gasteiger partial charge on any atom is 0.233 e. The molecular weight excluding hydrogens is 274 g/mol. The third-order valence-corrected chi connectivity index (χ3v) is 4.03. The van der Waals surface area contributed by atoms with Crippen LogP contribution in [0, 0.1) is 5.41 Å². The molecule has 4 N–H and O–H groups in total. The van der Waals surface area contributed by atoms with E-state index in [0.717, 1.165) is 25.7 Å². The summed E-state index contributed by atoms with van der Waals surface area (Å²) in [6.07, 6.45) is 6.87. The molecule has 0 saturated heterocycles. The Morgan fingerprint density at radius 2 is 2.14 bits per heavy atom. The van der Waals surface area contributed by atoms with Crippen LogP contribution >= 0.6 is 0 Å². The lowest BCUT2D eigenvalue weighted by molar-refractivity contribution is -0.128. The second-order valence-electron chi connectivity index (χ2n) is 5.33. The van der Waals surface area contributed by atoms with E-state index in [9.17, 15) is 4.79 Å². The van der Waals surface area contributed by atoms with Crippen LogP contribution in [0.25, 0.3) is 0 Å². The number of nitrogens with zero attached hydrogens (tertiary/aromatic N) is 3. The molecule has 0 spiro atoms. The van der Waals surface area contributed by atoms with Gasteiger partial charge in [-0.1, -0.05) is 36.0 Å². The predicted molar refractivity (Wildman–Crippen MR) is 74.6 cm³/mol. The first-order chi connectivity index (χ1) is 10.2. The van der Waals surface area contributed by atoms with Gasteiger partial charge in [0.15, 0.2) is 11.7 Å². The Balaban J connectivity index is 2.00. The first-order valence-electron chi connectivity index (χ1n) is 7.20. The molecule has 116 valence electrons. The van der Waals surface area contributed by atoms with Crippen molar-refractivity contribution in [3.05, 3.63) is 12.2 Å². The van der Waals surface area contributed by atoms with Gasteiger partial charge in [-0.25, -0.2) is 0 Å². The molecule has 0 aliphatic heterocycles. The number of carbonyl (C=O) groups excluding carboxylic acids is 1. The Bertz CT molecular complexity index is 478. The largest absolute Gasteiger partial charge is 0.409 e. The lowest BCUT2D eigenvalue weighted by atomic mass is 9.78. The molecule has 2 rings (SSSR count). The van der Waals surface area contributed by atoms with Gasteiger partial charge in [0.25, 0.3) is 0 Å². The lowest BCUT2D eigenvalue weighted by Crippen LogP contribution is -2.50. The Morgan fingerprint density at radius 1 is 1.43 bits per heavy atom. The molecule has 1 heterocycles. The summed E-state index contributed by atoms with van der Waals surface area (Å²) in [5.41, 5.74) is 4.92. The molecule has 1 aliphatic rings. The minimum atomic E-state index is -0.900. The van der Waals surface area contributed by atoms with Gasteiger partial charge in [0.1, 0.15) is 5.41 Å². The van der Waals surface area contributed by atoms with Crippen LogP contribution in [0.2, 0.25) is 0 Å². The number of amides is 1. The zero-order valence-electron chi connectivity index (χ0n) is 11.9. The van der Waals surface area contributed by atoms with Crippen LogP contribution in [0.15, 0.2) is 16.1 Å². The molecule has 8 nitrogen and oxygen atoms in total. The van der Waals surface area contributed by atoms with E-state index in [1.807, 2.05) is 0 Å². The number of nitrogens with one attached hydrogen (secondary N) is 1. The number of nitrogens with two attached hydrogens (primary N) is 1. The monoisotopic (exact) mass is 295 g/mol. The normalized spacial score (nSPS) is 19.0. The quantitative estimate of drug-likeness (QED) is 0.242. The number of aromatic nitrogens is 2. The SMILES string of the molecule is NC(=NO)C1(C(=O)NCCc2ncon2)CCCCCC1. The Morgan fingerprint density at radius 3 is 2.71 bits per heavy atom. The van der Waals surface area contributed by atoms with Gasteiger partial charge in [-0.2, -0.15) is 4.98 Å². The smallest absolute Gasteiger partial charge is 0.233 e. The summed E-state index contributed by atoms with van der Waals surface area (Å²) in [5.74, 6) is 0.346. The van der Waals surface area contributed by atoms with E-state index in [-0.39, 0.29) is 11.7 Å². The average molecular weight is 295 g/mol. The molecule has 0 unspecified atom stereocenters. The molecule has 0 atom stereocenters. The van der Waals surface area contributed by atoms with Gasteiger partial charge in [0.2, 0.25) is 12.3 Å².